The van der Waals surface area contributed by atoms with Crippen molar-refractivity contribution < 1.29 is 4.74 Å². The van der Waals surface area contributed by atoms with E-state index in [4.69, 9.17) is 10.5 Å². The number of ether oxygens (including phenoxy) is 1. The van der Waals surface area contributed by atoms with Crippen LogP contribution in [-0.4, -0.2) is 7.11 Å². The zero-order valence-corrected chi connectivity index (χ0v) is 6.87. The van der Waals surface area contributed by atoms with Gasteiger partial charge in [-0.15, -0.1) is 0 Å². The molecule has 1 rings (SSSR count). The van der Waals surface area contributed by atoms with E-state index in [9.17, 15) is 0 Å². The molecule has 1 aromatic rings. The lowest BCUT2D eigenvalue weighted by Crippen LogP contribution is -2.06. The van der Waals surface area contributed by atoms with Crippen LogP contribution >= 0.6 is 0 Å². The van der Waals surface area contributed by atoms with E-state index >= 15 is 0 Å². The maximum atomic E-state index is 5.71. The van der Waals surface area contributed by atoms with Gasteiger partial charge in [0.15, 0.2) is 0 Å². The van der Waals surface area contributed by atoms with Crippen LogP contribution in [0.1, 0.15) is 18.5 Å². The molecule has 60 valence electrons. The highest BCUT2D eigenvalue weighted by atomic mass is 16.5. The molecular formula is C9H13NO. The zero-order valence-electron chi connectivity index (χ0n) is 6.87. The number of nitrogens with two attached hydrogens (primary N) is 1. The molecule has 1 unspecified atom stereocenters. The second-order valence-corrected chi connectivity index (χ2v) is 2.53. The zero-order chi connectivity index (χ0) is 8.27. The molecule has 11 heavy (non-hydrogen) atoms. The van der Waals surface area contributed by atoms with Crippen LogP contribution in [0.2, 0.25) is 0 Å². The van der Waals surface area contributed by atoms with Crippen molar-refractivity contribution in [2.24, 2.45) is 5.73 Å². The lowest BCUT2D eigenvalue weighted by atomic mass is 10.1. The Bertz CT molecular complexity index is 233. The van der Waals surface area contributed by atoms with Crippen molar-refractivity contribution in [1.29, 1.82) is 0 Å². The summed E-state index contributed by atoms with van der Waals surface area (Å²) in [6, 6.07) is 7.82. The summed E-state index contributed by atoms with van der Waals surface area (Å²) in [6.45, 7) is 1.94. The van der Waals surface area contributed by atoms with Crippen LogP contribution in [0.25, 0.3) is 0 Å². The van der Waals surface area contributed by atoms with Gasteiger partial charge in [0.05, 0.1) is 7.11 Å². The Hall–Kier alpha value is -1.02. The highest BCUT2D eigenvalue weighted by Crippen LogP contribution is 2.22. The van der Waals surface area contributed by atoms with E-state index in [0.29, 0.717) is 0 Å². The second-order valence-electron chi connectivity index (χ2n) is 2.53. The Morgan fingerprint density at radius 2 is 2.00 bits per heavy atom. The maximum Gasteiger partial charge on any atom is 0.123 e. The Kier molecular flexibility index (Phi) is 2.49. The number of rotatable bonds is 2. The van der Waals surface area contributed by atoms with Gasteiger partial charge in [-0.25, -0.2) is 0 Å². The predicted molar refractivity (Wildman–Crippen MR) is 45.6 cm³/mol. The molecule has 0 saturated carbocycles. The molecule has 0 bridgehead atoms. The van der Waals surface area contributed by atoms with E-state index in [1.165, 1.54) is 0 Å². The topological polar surface area (TPSA) is 35.2 Å². The first-order chi connectivity index (χ1) is 5.25. The van der Waals surface area contributed by atoms with Gasteiger partial charge in [0.2, 0.25) is 0 Å². The van der Waals surface area contributed by atoms with Crippen molar-refractivity contribution in [3.8, 4) is 5.75 Å². The Morgan fingerprint density at radius 3 is 2.45 bits per heavy atom. The molecule has 2 N–H and O–H groups in total. The standard InChI is InChI=1S/C9H13NO/c1-7(10)8-5-3-4-6-9(8)11-2/h3-7H,10H2,1-2H3. The highest BCUT2D eigenvalue weighted by molar-refractivity contribution is 5.35. The van der Waals surface area contributed by atoms with E-state index in [1.807, 2.05) is 31.2 Å². The van der Waals surface area contributed by atoms with Crippen molar-refractivity contribution in [3.63, 3.8) is 0 Å². The van der Waals surface area contributed by atoms with Gasteiger partial charge in [-0.3, -0.25) is 0 Å². The minimum Gasteiger partial charge on any atom is -0.496 e. The molecule has 0 aliphatic carbocycles. The molecule has 2 nitrogen and oxygen atoms in total. The van der Waals surface area contributed by atoms with Crippen LogP contribution in [0.15, 0.2) is 24.3 Å². The van der Waals surface area contributed by atoms with E-state index in [0.717, 1.165) is 11.3 Å². The summed E-state index contributed by atoms with van der Waals surface area (Å²) in [4.78, 5) is 0. The van der Waals surface area contributed by atoms with Crippen LogP contribution in [0.3, 0.4) is 0 Å². The van der Waals surface area contributed by atoms with Gasteiger partial charge in [-0.1, -0.05) is 18.2 Å². The molecule has 0 aromatic heterocycles. The fourth-order valence-electron chi connectivity index (χ4n) is 1.04. The van der Waals surface area contributed by atoms with Crippen molar-refractivity contribution in [3.05, 3.63) is 29.8 Å². The molecular weight excluding hydrogens is 138 g/mol. The van der Waals surface area contributed by atoms with Crippen LogP contribution in [0.4, 0.5) is 0 Å². The number of para-hydroxylation sites is 1. The third-order valence-corrected chi connectivity index (χ3v) is 1.63. The average molecular weight is 151 g/mol. The average Bonchev–Trinajstić information content (AvgIpc) is 2.04. The molecule has 0 amide bonds. The number of methoxy groups -OCH3 is 1. The SMILES string of the molecule is COc1ccccc1C(C)N. The molecule has 0 spiro atoms. The summed E-state index contributed by atoms with van der Waals surface area (Å²) >= 11 is 0. The fraction of sp³-hybridized carbons (Fsp3) is 0.333. The van der Waals surface area contributed by atoms with E-state index in [2.05, 4.69) is 0 Å². The van der Waals surface area contributed by atoms with Gasteiger partial charge in [0.1, 0.15) is 5.75 Å². The lowest BCUT2D eigenvalue weighted by Gasteiger charge is -2.10. The minimum absolute atomic E-state index is 0.0335. The molecule has 0 radical (unpaired) electrons. The number of benzene rings is 1. The molecule has 0 heterocycles. The molecule has 1 aromatic carbocycles. The Morgan fingerprint density at radius 1 is 1.36 bits per heavy atom. The summed E-state index contributed by atoms with van der Waals surface area (Å²) in [6.07, 6.45) is 0. The third-order valence-electron chi connectivity index (χ3n) is 1.63. The molecule has 0 aliphatic rings. The second kappa shape index (κ2) is 3.39. The molecule has 1 atom stereocenters. The van der Waals surface area contributed by atoms with E-state index in [-0.39, 0.29) is 6.04 Å². The molecule has 2 heteroatoms. The largest absolute Gasteiger partial charge is 0.496 e. The van der Waals surface area contributed by atoms with E-state index < -0.39 is 0 Å². The first kappa shape index (κ1) is 8.08. The smallest absolute Gasteiger partial charge is 0.123 e. The summed E-state index contributed by atoms with van der Waals surface area (Å²) < 4.78 is 5.13. The normalized spacial score (nSPS) is 12.6. The van der Waals surface area contributed by atoms with Gasteiger partial charge in [-0.2, -0.15) is 0 Å². The Labute approximate surface area is 67.0 Å². The van der Waals surface area contributed by atoms with Gasteiger partial charge >= 0.3 is 0 Å². The van der Waals surface area contributed by atoms with Gasteiger partial charge in [0, 0.05) is 11.6 Å². The molecule has 0 saturated heterocycles. The predicted octanol–water partition coefficient (Wildman–Crippen LogP) is 1.71. The summed E-state index contributed by atoms with van der Waals surface area (Å²) in [5.41, 5.74) is 6.76. The van der Waals surface area contributed by atoms with Crippen LogP contribution in [-0.2, 0) is 0 Å². The highest BCUT2D eigenvalue weighted by Gasteiger charge is 2.04. The number of hydrogen-bond donors (Lipinski definition) is 1. The van der Waals surface area contributed by atoms with Gasteiger partial charge < -0.3 is 10.5 Å². The van der Waals surface area contributed by atoms with E-state index in [1.54, 1.807) is 7.11 Å². The van der Waals surface area contributed by atoms with Crippen molar-refractivity contribution in [2.75, 3.05) is 7.11 Å². The summed E-state index contributed by atoms with van der Waals surface area (Å²) in [5.74, 6) is 0.863. The third kappa shape index (κ3) is 1.71. The Balaban J connectivity index is 3.02. The van der Waals surface area contributed by atoms with Gasteiger partial charge in [0.25, 0.3) is 0 Å². The molecule has 0 fully saturated rings. The van der Waals surface area contributed by atoms with Crippen LogP contribution in [0.5, 0.6) is 5.75 Å². The lowest BCUT2D eigenvalue weighted by molar-refractivity contribution is 0.407. The van der Waals surface area contributed by atoms with Crippen LogP contribution in [0, 0.1) is 0 Å². The number of hydrogen-bond acceptors (Lipinski definition) is 2. The van der Waals surface area contributed by atoms with Crippen molar-refractivity contribution >= 4 is 0 Å². The van der Waals surface area contributed by atoms with Gasteiger partial charge in [-0.05, 0) is 13.0 Å². The van der Waals surface area contributed by atoms with Crippen LogP contribution < -0.4 is 10.5 Å². The quantitative estimate of drug-likeness (QED) is 0.698. The van der Waals surface area contributed by atoms with Crippen molar-refractivity contribution in [2.45, 2.75) is 13.0 Å². The molecule has 0 aliphatic heterocycles. The summed E-state index contributed by atoms with van der Waals surface area (Å²) in [7, 11) is 1.65. The minimum atomic E-state index is 0.0335. The monoisotopic (exact) mass is 151 g/mol. The maximum absolute atomic E-state index is 5.71. The fourth-order valence-corrected chi connectivity index (χ4v) is 1.04. The first-order valence-corrected chi connectivity index (χ1v) is 3.64. The van der Waals surface area contributed by atoms with Crippen molar-refractivity contribution in [1.82, 2.24) is 0 Å². The first-order valence-electron chi connectivity index (χ1n) is 3.64. The summed E-state index contributed by atoms with van der Waals surface area (Å²) in [5, 5.41) is 0.